The fourth-order valence-corrected chi connectivity index (χ4v) is 1.89. The van der Waals surface area contributed by atoms with Gasteiger partial charge in [-0.2, -0.15) is 5.10 Å². The molecule has 1 heterocycles. The molecule has 2 aromatic rings. The Hall–Kier alpha value is -2.83. The highest BCUT2D eigenvalue weighted by atomic mass is 19.1. The number of hydrazone groups is 1. The van der Waals surface area contributed by atoms with Crippen molar-refractivity contribution in [2.24, 2.45) is 5.10 Å². The lowest BCUT2D eigenvalue weighted by molar-refractivity contribution is 0.0529. The minimum atomic E-state index is -0.739. The van der Waals surface area contributed by atoms with E-state index in [9.17, 15) is 9.18 Å². The molecule has 0 fully saturated rings. The third-order valence-corrected chi connectivity index (χ3v) is 2.84. The van der Waals surface area contributed by atoms with Gasteiger partial charge in [-0.15, -0.1) is 0 Å². The van der Waals surface area contributed by atoms with Gasteiger partial charge < -0.3 is 4.74 Å². The first-order chi connectivity index (χ1) is 11.3. The zero-order chi connectivity index (χ0) is 17.7. The molecule has 1 N–H and O–H groups in total. The first-order valence-electron chi connectivity index (χ1n) is 7.36. The van der Waals surface area contributed by atoms with Gasteiger partial charge in [-0.3, -0.25) is 9.97 Å². The third kappa shape index (κ3) is 4.84. The van der Waals surface area contributed by atoms with Crippen molar-refractivity contribution in [1.29, 1.82) is 0 Å². The van der Waals surface area contributed by atoms with E-state index in [1.807, 2.05) is 0 Å². The summed E-state index contributed by atoms with van der Waals surface area (Å²) < 4.78 is 19.4. The average Bonchev–Trinajstić information content (AvgIpc) is 2.48. The second-order valence-electron chi connectivity index (χ2n) is 6.15. The summed E-state index contributed by atoms with van der Waals surface area (Å²) in [5.41, 5.74) is 3.07. The largest absolute Gasteiger partial charge is 0.443 e. The quantitative estimate of drug-likeness (QED) is 0.692. The summed E-state index contributed by atoms with van der Waals surface area (Å²) in [6.45, 7) is 6.99. The maximum Gasteiger partial charge on any atom is 0.428 e. The molecule has 6 nitrogen and oxygen atoms in total. The molecule has 0 radical (unpaired) electrons. The third-order valence-electron chi connectivity index (χ3n) is 2.84. The van der Waals surface area contributed by atoms with E-state index in [-0.39, 0.29) is 11.3 Å². The summed E-state index contributed by atoms with van der Waals surface area (Å²) in [6.07, 6.45) is 3.66. The van der Waals surface area contributed by atoms with Gasteiger partial charge in [-0.1, -0.05) is 6.07 Å². The summed E-state index contributed by atoms with van der Waals surface area (Å²) in [5, 5.41) is 3.99. The zero-order valence-corrected chi connectivity index (χ0v) is 14.0. The standard InChI is InChI=1S/C17H19FN4O2/c1-11-5-6-12(13(18)9-11)15(14-10-19-7-8-20-14)21-22-16(23)24-17(2,3)4/h5-10H,1-4H3,(H,22,23)/b21-15+. The maximum absolute atomic E-state index is 14.3. The average molecular weight is 330 g/mol. The number of aromatic nitrogens is 2. The molecule has 7 heteroatoms. The van der Waals surface area contributed by atoms with Crippen LogP contribution in [0.4, 0.5) is 9.18 Å². The lowest BCUT2D eigenvalue weighted by atomic mass is 10.1. The summed E-state index contributed by atoms with van der Waals surface area (Å²) in [5.74, 6) is -0.467. The molecule has 0 bridgehead atoms. The van der Waals surface area contributed by atoms with Crippen molar-refractivity contribution in [2.75, 3.05) is 0 Å². The highest BCUT2D eigenvalue weighted by molar-refractivity contribution is 6.11. The SMILES string of the molecule is Cc1ccc(/C(=N\NC(=O)OC(C)(C)C)c2cnccn2)c(F)c1. The predicted octanol–water partition coefficient (Wildman–Crippen LogP) is 3.20. The first kappa shape index (κ1) is 17.5. The van der Waals surface area contributed by atoms with E-state index in [2.05, 4.69) is 20.5 Å². The summed E-state index contributed by atoms with van der Waals surface area (Å²) in [7, 11) is 0. The molecule has 0 aliphatic carbocycles. The van der Waals surface area contributed by atoms with E-state index in [1.54, 1.807) is 39.8 Å². The number of carbonyl (C=O) groups is 1. The number of nitrogens with zero attached hydrogens (tertiary/aromatic N) is 3. The van der Waals surface area contributed by atoms with Crippen molar-refractivity contribution in [3.63, 3.8) is 0 Å². The van der Waals surface area contributed by atoms with E-state index in [0.717, 1.165) is 5.56 Å². The Morgan fingerprint density at radius 3 is 2.62 bits per heavy atom. The second-order valence-corrected chi connectivity index (χ2v) is 6.15. The number of ether oxygens (including phenoxy) is 1. The molecule has 1 amide bonds. The molecule has 24 heavy (non-hydrogen) atoms. The Balaban J connectivity index is 2.37. The van der Waals surface area contributed by atoms with Crippen molar-refractivity contribution in [2.45, 2.75) is 33.3 Å². The number of amides is 1. The number of hydrogen-bond acceptors (Lipinski definition) is 5. The Morgan fingerprint density at radius 2 is 2.04 bits per heavy atom. The smallest absolute Gasteiger partial charge is 0.428 e. The van der Waals surface area contributed by atoms with Crippen LogP contribution in [0.3, 0.4) is 0 Å². The molecule has 0 unspecified atom stereocenters. The van der Waals surface area contributed by atoms with Crippen LogP contribution in [0.2, 0.25) is 0 Å². The minimum absolute atomic E-state index is 0.159. The molecule has 0 aliphatic rings. The lowest BCUT2D eigenvalue weighted by Gasteiger charge is -2.18. The van der Waals surface area contributed by atoms with E-state index >= 15 is 0 Å². The van der Waals surface area contributed by atoms with Gasteiger partial charge in [0.1, 0.15) is 22.8 Å². The van der Waals surface area contributed by atoms with E-state index in [4.69, 9.17) is 4.74 Å². The van der Waals surface area contributed by atoms with E-state index < -0.39 is 17.5 Å². The number of nitrogens with one attached hydrogen (secondary N) is 1. The fraction of sp³-hybridized carbons (Fsp3) is 0.294. The van der Waals surface area contributed by atoms with Crippen LogP contribution < -0.4 is 5.43 Å². The second kappa shape index (κ2) is 7.16. The molecule has 0 saturated carbocycles. The monoisotopic (exact) mass is 330 g/mol. The maximum atomic E-state index is 14.3. The molecule has 126 valence electrons. The normalized spacial score (nSPS) is 12.0. The number of rotatable bonds is 3. The Kier molecular flexibility index (Phi) is 5.23. The topological polar surface area (TPSA) is 76.5 Å². The molecular formula is C17H19FN4O2. The Labute approximate surface area is 139 Å². The molecule has 1 aromatic heterocycles. The van der Waals surface area contributed by atoms with E-state index in [0.29, 0.717) is 5.69 Å². The fourth-order valence-electron chi connectivity index (χ4n) is 1.89. The van der Waals surface area contributed by atoms with Gasteiger partial charge in [0.15, 0.2) is 0 Å². The van der Waals surface area contributed by atoms with Gasteiger partial charge in [-0.25, -0.2) is 14.6 Å². The summed E-state index contributed by atoms with van der Waals surface area (Å²) in [6, 6.07) is 4.71. The zero-order valence-electron chi connectivity index (χ0n) is 14.0. The van der Waals surface area contributed by atoms with Crippen LogP contribution in [0.1, 0.15) is 37.6 Å². The molecule has 1 aromatic carbocycles. The first-order valence-corrected chi connectivity index (χ1v) is 7.36. The van der Waals surface area contributed by atoms with E-state index in [1.165, 1.54) is 24.7 Å². The highest BCUT2D eigenvalue weighted by Crippen LogP contribution is 2.14. The van der Waals surface area contributed by atoms with Crippen molar-refractivity contribution in [1.82, 2.24) is 15.4 Å². The highest BCUT2D eigenvalue weighted by Gasteiger charge is 2.18. The van der Waals surface area contributed by atoms with Crippen LogP contribution >= 0.6 is 0 Å². The number of carbonyl (C=O) groups excluding carboxylic acids is 1. The van der Waals surface area contributed by atoms with Crippen LogP contribution in [0.5, 0.6) is 0 Å². The minimum Gasteiger partial charge on any atom is -0.443 e. The molecule has 2 rings (SSSR count). The van der Waals surface area contributed by atoms with Crippen molar-refractivity contribution >= 4 is 11.8 Å². The van der Waals surface area contributed by atoms with Gasteiger partial charge in [0.25, 0.3) is 0 Å². The van der Waals surface area contributed by atoms with Gasteiger partial charge in [-0.05, 0) is 45.4 Å². The van der Waals surface area contributed by atoms with Crippen LogP contribution in [0.25, 0.3) is 0 Å². The summed E-state index contributed by atoms with van der Waals surface area (Å²) >= 11 is 0. The number of benzene rings is 1. The summed E-state index contributed by atoms with van der Waals surface area (Å²) in [4.78, 5) is 19.9. The number of hydrogen-bond donors (Lipinski definition) is 1. The van der Waals surface area contributed by atoms with Crippen molar-refractivity contribution in [3.8, 4) is 0 Å². The van der Waals surface area contributed by atoms with Gasteiger partial charge in [0.2, 0.25) is 0 Å². The van der Waals surface area contributed by atoms with Crippen LogP contribution in [0.15, 0.2) is 41.9 Å². The van der Waals surface area contributed by atoms with Gasteiger partial charge >= 0.3 is 6.09 Å². The van der Waals surface area contributed by atoms with Gasteiger partial charge in [0.05, 0.1) is 6.20 Å². The number of halogens is 1. The van der Waals surface area contributed by atoms with Crippen LogP contribution in [0, 0.1) is 12.7 Å². The Bertz CT molecular complexity index is 755. The molecule has 0 saturated heterocycles. The van der Waals surface area contributed by atoms with Gasteiger partial charge in [0, 0.05) is 18.0 Å². The van der Waals surface area contributed by atoms with Crippen molar-refractivity contribution < 1.29 is 13.9 Å². The van der Waals surface area contributed by atoms with Crippen LogP contribution in [-0.4, -0.2) is 27.4 Å². The molecular weight excluding hydrogens is 311 g/mol. The molecule has 0 atom stereocenters. The Morgan fingerprint density at radius 1 is 1.29 bits per heavy atom. The van der Waals surface area contributed by atoms with Crippen LogP contribution in [-0.2, 0) is 4.74 Å². The molecule has 0 aliphatic heterocycles. The lowest BCUT2D eigenvalue weighted by Crippen LogP contribution is -2.30. The molecule has 0 spiro atoms. The predicted molar refractivity (Wildman–Crippen MR) is 88.2 cm³/mol. The number of aryl methyl sites for hydroxylation is 1. The van der Waals surface area contributed by atoms with Crippen molar-refractivity contribution in [3.05, 3.63) is 59.4 Å².